The van der Waals surface area contributed by atoms with E-state index in [0.717, 1.165) is 5.56 Å². The van der Waals surface area contributed by atoms with Crippen molar-refractivity contribution in [2.45, 2.75) is 117 Å². The number of benzene rings is 2. The van der Waals surface area contributed by atoms with Crippen LogP contribution in [0.1, 0.15) is 91.1 Å². The van der Waals surface area contributed by atoms with Gasteiger partial charge in [-0.05, 0) is 68.7 Å². The molecule has 0 aromatic heterocycles. The predicted molar refractivity (Wildman–Crippen MR) is 191 cm³/mol. The van der Waals surface area contributed by atoms with Gasteiger partial charge in [-0.2, -0.15) is 0 Å². The van der Waals surface area contributed by atoms with Crippen LogP contribution in [0.25, 0.3) is 0 Å². The fraction of sp³-hybridized carbons (Fsp3) is 0.553. The number of aliphatic hydroxyl groups excluding tert-OH is 1. The van der Waals surface area contributed by atoms with E-state index in [-0.39, 0.29) is 24.2 Å². The fourth-order valence-corrected chi connectivity index (χ4v) is 5.26. The predicted octanol–water partition coefficient (Wildman–Crippen LogP) is 3.85. The van der Waals surface area contributed by atoms with E-state index in [9.17, 15) is 34.2 Å². The minimum atomic E-state index is -1.38. The summed E-state index contributed by atoms with van der Waals surface area (Å²) in [5.41, 5.74) is 0.633. The summed E-state index contributed by atoms with van der Waals surface area (Å²) in [6.45, 7) is 16.2. The first-order valence-electron chi connectivity index (χ1n) is 17.3. The lowest BCUT2D eigenvalue weighted by atomic mass is 9.95. The van der Waals surface area contributed by atoms with Crippen molar-refractivity contribution in [2.75, 3.05) is 0 Å². The molecule has 276 valence electrons. The second-order valence-corrected chi connectivity index (χ2v) is 14.5. The van der Waals surface area contributed by atoms with E-state index in [2.05, 4.69) is 21.3 Å². The van der Waals surface area contributed by atoms with Gasteiger partial charge in [0.1, 0.15) is 29.5 Å². The summed E-state index contributed by atoms with van der Waals surface area (Å²) in [4.78, 5) is 65.2. The second kappa shape index (κ2) is 19.1. The molecule has 0 aliphatic rings. The third-order valence-corrected chi connectivity index (χ3v) is 8.28. The Morgan fingerprint density at radius 3 is 1.90 bits per heavy atom. The summed E-state index contributed by atoms with van der Waals surface area (Å²) >= 11 is 0. The van der Waals surface area contributed by atoms with Crippen molar-refractivity contribution in [3.05, 3.63) is 65.7 Å². The van der Waals surface area contributed by atoms with Crippen LogP contribution >= 0.6 is 0 Å². The average Bonchev–Trinajstić information content (AvgIpc) is 3.03. The van der Waals surface area contributed by atoms with Crippen molar-refractivity contribution in [3.63, 3.8) is 0 Å². The number of nitrogens with one attached hydrogen (secondary N) is 4. The van der Waals surface area contributed by atoms with Gasteiger partial charge >= 0.3 is 5.97 Å². The van der Waals surface area contributed by atoms with Gasteiger partial charge in [-0.15, -0.1) is 0 Å². The molecule has 6 atom stereocenters. The molecule has 2 rings (SSSR count). The fourth-order valence-electron chi connectivity index (χ4n) is 5.26. The molecule has 2 aromatic rings. The summed E-state index contributed by atoms with van der Waals surface area (Å²) in [6, 6.07) is 11.7. The van der Waals surface area contributed by atoms with E-state index < -0.39 is 71.9 Å². The Hall–Kier alpha value is -4.45. The number of hydrogen-bond acceptors (Lipinski definition) is 7. The minimum absolute atomic E-state index is 0.177. The van der Waals surface area contributed by atoms with Gasteiger partial charge in [0.05, 0.1) is 18.6 Å². The molecule has 0 radical (unpaired) electrons. The molecule has 0 aliphatic carbocycles. The number of carbonyl (C=O) groups is 5. The number of amides is 4. The second-order valence-electron chi connectivity index (χ2n) is 14.5. The molecular weight excluding hydrogens is 640 g/mol. The molecule has 0 fully saturated rings. The zero-order chi connectivity index (χ0) is 37.8. The van der Waals surface area contributed by atoms with Crippen LogP contribution in [0.3, 0.4) is 0 Å². The van der Waals surface area contributed by atoms with Crippen molar-refractivity contribution in [1.82, 2.24) is 21.3 Å². The van der Waals surface area contributed by atoms with Crippen LogP contribution in [0.4, 0.5) is 0 Å². The van der Waals surface area contributed by atoms with Gasteiger partial charge in [0.2, 0.25) is 17.7 Å². The maximum absolute atomic E-state index is 13.7. The summed E-state index contributed by atoms with van der Waals surface area (Å²) in [6.07, 6.45) is -1.14. The van der Waals surface area contributed by atoms with Gasteiger partial charge in [0.25, 0.3) is 5.91 Å². The first kappa shape index (κ1) is 41.7. The third-order valence-electron chi connectivity index (χ3n) is 8.28. The van der Waals surface area contributed by atoms with Gasteiger partial charge in [-0.1, -0.05) is 84.4 Å². The number of hydrogen-bond donors (Lipinski definition) is 6. The number of ether oxygens (including phenoxy) is 1. The molecule has 6 N–H and O–H groups in total. The maximum Gasteiger partial charge on any atom is 0.326 e. The molecule has 4 amide bonds. The minimum Gasteiger partial charge on any atom is -0.488 e. The maximum atomic E-state index is 13.7. The van der Waals surface area contributed by atoms with Gasteiger partial charge in [-0.25, -0.2) is 4.79 Å². The average molecular weight is 697 g/mol. The van der Waals surface area contributed by atoms with Crippen LogP contribution in [0.15, 0.2) is 54.6 Å². The zero-order valence-corrected chi connectivity index (χ0v) is 30.8. The Bertz CT molecular complexity index is 1440. The van der Waals surface area contributed by atoms with Crippen molar-refractivity contribution >= 4 is 29.6 Å². The first-order valence-corrected chi connectivity index (χ1v) is 17.3. The summed E-state index contributed by atoms with van der Waals surface area (Å²) < 4.78 is 5.89. The molecule has 0 spiro atoms. The third kappa shape index (κ3) is 13.5. The lowest BCUT2D eigenvalue weighted by Crippen LogP contribution is -2.57. The van der Waals surface area contributed by atoms with E-state index in [4.69, 9.17) is 4.74 Å². The number of carbonyl (C=O) groups excluding carboxylic acids is 4. The highest BCUT2D eigenvalue weighted by Gasteiger charge is 2.34. The quantitative estimate of drug-likeness (QED) is 0.136. The molecule has 12 nitrogen and oxygen atoms in total. The van der Waals surface area contributed by atoms with Gasteiger partial charge < -0.3 is 36.2 Å². The van der Waals surface area contributed by atoms with Crippen LogP contribution in [-0.2, 0) is 25.6 Å². The van der Waals surface area contributed by atoms with Crippen molar-refractivity contribution < 1.29 is 38.9 Å². The van der Waals surface area contributed by atoms with E-state index in [1.807, 2.05) is 58.0 Å². The number of carboxylic acid groups (broad SMARTS) is 1. The smallest absolute Gasteiger partial charge is 0.326 e. The van der Waals surface area contributed by atoms with Gasteiger partial charge in [0, 0.05) is 5.56 Å². The van der Waals surface area contributed by atoms with Crippen molar-refractivity contribution in [3.8, 4) is 5.75 Å². The van der Waals surface area contributed by atoms with Crippen molar-refractivity contribution in [1.29, 1.82) is 0 Å². The number of aliphatic carboxylic acids is 1. The SMILES string of the molecule is CC[C@H](C)[C@H](NC(=O)C[C@H](O)[C@H](Cc1ccccc1)NC(=O)C(NC(=O)c1cccc(OC(C)(C)C)c1)C(C)C)C(=O)NC(C(=O)O)C(C)C. The molecule has 0 bridgehead atoms. The Kier molecular flexibility index (Phi) is 15.9. The van der Waals surface area contributed by atoms with E-state index in [1.54, 1.807) is 58.9 Å². The molecule has 0 aliphatic heterocycles. The Balaban J connectivity index is 2.26. The standard InChI is InChI=1S/C38H56N4O8/c1-10-24(6)33(36(47)42-32(23(4)5)37(48)49)40-30(44)21-29(43)28(19-25-15-12-11-13-16-25)39-35(46)31(22(2)3)41-34(45)26-17-14-18-27(20-26)50-38(7,8)9/h11-18,20,22-24,28-29,31-33,43H,10,19,21H2,1-9H3,(H,39,46)(H,40,44)(H,41,45)(H,42,47)(H,48,49)/t24-,28-,29-,31?,32?,33-/m0/s1. The summed E-state index contributed by atoms with van der Waals surface area (Å²) in [7, 11) is 0. The number of aliphatic hydroxyl groups is 1. The van der Waals surface area contributed by atoms with E-state index >= 15 is 0 Å². The summed E-state index contributed by atoms with van der Waals surface area (Å²) in [5.74, 6) is -4.03. The molecule has 2 aromatic carbocycles. The number of rotatable bonds is 18. The lowest BCUT2D eigenvalue weighted by Gasteiger charge is -2.30. The van der Waals surface area contributed by atoms with Crippen LogP contribution in [0.5, 0.6) is 5.75 Å². The monoisotopic (exact) mass is 696 g/mol. The van der Waals surface area contributed by atoms with E-state index in [1.165, 1.54) is 0 Å². The van der Waals surface area contributed by atoms with Gasteiger partial charge in [-0.3, -0.25) is 19.2 Å². The first-order chi connectivity index (χ1) is 23.3. The van der Waals surface area contributed by atoms with Crippen LogP contribution < -0.4 is 26.0 Å². The lowest BCUT2D eigenvalue weighted by molar-refractivity contribution is -0.143. The highest BCUT2D eigenvalue weighted by Crippen LogP contribution is 2.20. The largest absolute Gasteiger partial charge is 0.488 e. The highest BCUT2D eigenvalue weighted by molar-refractivity contribution is 5.98. The Morgan fingerprint density at radius 1 is 0.760 bits per heavy atom. The molecule has 12 heteroatoms. The molecule has 2 unspecified atom stereocenters. The molecule has 0 saturated heterocycles. The molecule has 0 heterocycles. The van der Waals surface area contributed by atoms with E-state index in [0.29, 0.717) is 17.7 Å². The van der Waals surface area contributed by atoms with Crippen molar-refractivity contribution in [2.24, 2.45) is 17.8 Å². The zero-order valence-electron chi connectivity index (χ0n) is 30.8. The van der Waals surface area contributed by atoms with Gasteiger partial charge in [0.15, 0.2) is 0 Å². The highest BCUT2D eigenvalue weighted by atomic mass is 16.5. The summed E-state index contributed by atoms with van der Waals surface area (Å²) in [5, 5.41) is 31.8. The molecule has 0 saturated carbocycles. The molecular formula is C38H56N4O8. The van der Waals surface area contributed by atoms with Crippen LogP contribution in [-0.4, -0.2) is 75.7 Å². The topological polar surface area (TPSA) is 183 Å². The Morgan fingerprint density at radius 2 is 1.36 bits per heavy atom. The molecule has 50 heavy (non-hydrogen) atoms. The number of carboxylic acids is 1. The normalized spacial score (nSPS) is 15.2. The van der Waals surface area contributed by atoms with Crippen LogP contribution in [0, 0.1) is 17.8 Å². The Labute approximate surface area is 296 Å². The van der Waals surface area contributed by atoms with Crippen LogP contribution in [0.2, 0.25) is 0 Å².